The predicted molar refractivity (Wildman–Crippen MR) is 75.9 cm³/mol. The molecule has 8 heteroatoms. The number of hydrogen-bond acceptors (Lipinski definition) is 3. The largest absolute Gasteiger partial charge is 0.387 e. The van der Waals surface area contributed by atoms with E-state index < -0.39 is 5.15 Å². The molecule has 0 unspecified atom stereocenters. The van der Waals surface area contributed by atoms with Crippen LogP contribution in [0.15, 0.2) is 34.0 Å². The number of hydrogen-bond donors (Lipinski definition) is 0. The molecule has 0 fully saturated rings. The third-order valence-electron chi connectivity index (χ3n) is 3.47. The van der Waals surface area contributed by atoms with Gasteiger partial charge in [0, 0.05) is 12.1 Å². The first-order chi connectivity index (χ1) is 9.66. The van der Waals surface area contributed by atoms with Crippen LogP contribution in [0.25, 0.3) is 16.3 Å². The number of thiophene rings is 2. The average Bonchev–Trinajstić information content (AvgIpc) is 3.03. The summed E-state index contributed by atoms with van der Waals surface area (Å²) in [4.78, 5) is 4.37. The smallest absolute Gasteiger partial charge is 0.142 e. The molecule has 0 atom stereocenters. The van der Waals surface area contributed by atoms with Gasteiger partial charge in [0.15, 0.2) is 0 Å². The van der Waals surface area contributed by atoms with E-state index in [1.807, 2.05) is 10.8 Å². The lowest BCUT2D eigenvalue weighted by Crippen LogP contribution is -2.61. The van der Waals surface area contributed by atoms with Gasteiger partial charge in [0.1, 0.15) is 14.5 Å². The SMILES string of the molecule is F[N+]1(F)n2c(cc3sccc32)N=C2C=c3sccc3=[N+]21. The minimum Gasteiger partial charge on any atom is -0.142 e. The topological polar surface area (TPSA) is 20.3 Å². The predicted octanol–water partition coefficient (Wildman–Crippen LogP) is 1.92. The highest BCUT2D eigenvalue weighted by Gasteiger charge is 2.56. The zero-order valence-corrected chi connectivity index (χ0v) is 11.5. The van der Waals surface area contributed by atoms with Crippen molar-refractivity contribution in [1.29, 1.82) is 0 Å². The Labute approximate surface area is 118 Å². The number of nitrogens with zero attached hydrogens (tertiary/aromatic N) is 4. The van der Waals surface area contributed by atoms with Gasteiger partial charge in [-0.05, 0) is 26.5 Å². The highest BCUT2D eigenvalue weighted by atomic mass is 32.1. The maximum absolute atomic E-state index is 14.9. The maximum Gasteiger partial charge on any atom is 0.387 e. The summed E-state index contributed by atoms with van der Waals surface area (Å²) in [6.07, 6.45) is 1.71. The minimum absolute atomic E-state index is 0.287. The van der Waals surface area contributed by atoms with Crippen molar-refractivity contribution >= 4 is 50.6 Å². The van der Waals surface area contributed by atoms with Crippen LogP contribution in [0, 0.1) is 0 Å². The minimum atomic E-state index is -2.38. The molecular formula is C12H6F2N4S2+2. The molecule has 0 spiro atoms. The zero-order valence-electron chi connectivity index (χ0n) is 9.83. The number of rotatable bonds is 0. The zero-order chi connectivity index (χ0) is 13.5. The number of fused-ring (bicyclic) bond motifs is 5. The second-order valence-electron chi connectivity index (χ2n) is 4.54. The van der Waals surface area contributed by atoms with Crippen molar-refractivity contribution in [3.05, 3.63) is 38.8 Å². The summed E-state index contributed by atoms with van der Waals surface area (Å²) in [5, 5.41) is 1.74. The van der Waals surface area contributed by atoms with Gasteiger partial charge in [0.25, 0.3) is 0 Å². The Morgan fingerprint density at radius 3 is 2.95 bits per heavy atom. The fourth-order valence-electron chi connectivity index (χ4n) is 2.67. The summed E-state index contributed by atoms with van der Waals surface area (Å²) >= 11 is 2.87. The van der Waals surface area contributed by atoms with Crippen LogP contribution in [0.3, 0.4) is 0 Å². The molecule has 20 heavy (non-hydrogen) atoms. The van der Waals surface area contributed by atoms with Crippen molar-refractivity contribution in [3.8, 4) is 0 Å². The van der Waals surface area contributed by atoms with Crippen LogP contribution in [-0.4, -0.2) is 10.5 Å². The third-order valence-corrected chi connectivity index (χ3v) is 5.17. The number of aliphatic imine (C=N–C) groups is 1. The lowest BCUT2D eigenvalue weighted by atomic mass is 10.5. The summed E-state index contributed by atoms with van der Waals surface area (Å²) < 4.78 is 33.3. The highest BCUT2D eigenvalue weighted by molar-refractivity contribution is 7.17. The van der Waals surface area contributed by atoms with Gasteiger partial charge in [0.2, 0.25) is 5.36 Å². The van der Waals surface area contributed by atoms with Gasteiger partial charge in [0.05, 0.1) is 20.0 Å². The number of aromatic nitrogens is 1. The molecule has 0 aliphatic carbocycles. The first-order valence-electron chi connectivity index (χ1n) is 5.86. The van der Waals surface area contributed by atoms with E-state index >= 15 is 0 Å². The van der Waals surface area contributed by atoms with Gasteiger partial charge in [-0.15, -0.1) is 22.7 Å². The Kier molecular flexibility index (Phi) is 1.74. The molecule has 2 aliphatic rings. The summed E-state index contributed by atoms with van der Waals surface area (Å²) in [6.45, 7) is 0. The van der Waals surface area contributed by atoms with E-state index in [0.717, 1.165) is 18.6 Å². The molecule has 2 aliphatic heterocycles. The molecule has 3 aromatic rings. The molecule has 5 rings (SSSR count). The molecule has 98 valence electrons. The molecule has 0 bridgehead atoms. The Bertz CT molecular complexity index is 1040. The van der Waals surface area contributed by atoms with Gasteiger partial charge in [-0.1, -0.05) is 0 Å². The number of halogens is 2. The Morgan fingerprint density at radius 2 is 2.05 bits per heavy atom. The summed E-state index contributed by atoms with van der Waals surface area (Å²) in [6, 6.07) is 5.10. The van der Waals surface area contributed by atoms with Gasteiger partial charge in [-0.25, -0.2) is 0 Å². The quantitative estimate of drug-likeness (QED) is 0.447. The molecule has 5 heterocycles. The van der Waals surface area contributed by atoms with Crippen molar-refractivity contribution in [2.75, 3.05) is 0 Å². The van der Waals surface area contributed by atoms with Crippen LogP contribution in [0.4, 0.5) is 14.8 Å². The monoisotopic (exact) mass is 308 g/mol. The van der Waals surface area contributed by atoms with Crippen LogP contribution in [0.5, 0.6) is 0 Å². The molecule has 0 N–H and O–H groups in total. The van der Waals surface area contributed by atoms with E-state index in [4.69, 9.17) is 0 Å². The van der Waals surface area contributed by atoms with Crippen LogP contribution in [-0.2, 0) is 0 Å². The summed E-state index contributed by atoms with van der Waals surface area (Å²) in [5.74, 6) is 0.573. The average molecular weight is 308 g/mol. The third kappa shape index (κ3) is 1.09. The standard InChI is InChI=1S/C12H6F2N4S2/c13-18(14)16-7-1-3-19-9(7)5-11(16)15-12-6-10-8(17(12)18)2-4-20-10/h1-6H/q+2. The van der Waals surface area contributed by atoms with Gasteiger partial charge in [-0.2, -0.15) is 0 Å². The Balaban J connectivity index is 2.00. The van der Waals surface area contributed by atoms with Crippen molar-refractivity contribution in [2.45, 2.75) is 0 Å². The highest BCUT2D eigenvalue weighted by Crippen LogP contribution is 2.35. The molecule has 0 saturated heterocycles. The molecule has 0 aromatic carbocycles. The summed E-state index contributed by atoms with van der Waals surface area (Å²) in [7, 11) is 0. The fraction of sp³-hybridized carbons (Fsp3) is 0. The Morgan fingerprint density at radius 1 is 1.20 bits per heavy atom. The molecule has 0 amide bonds. The fourth-order valence-corrected chi connectivity index (χ4v) is 4.25. The first-order valence-corrected chi connectivity index (χ1v) is 7.62. The molecular weight excluding hydrogens is 302 g/mol. The van der Waals surface area contributed by atoms with Crippen LogP contribution in [0.2, 0.25) is 0 Å². The van der Waals surface area contributed by atoms with Crippen molar-refractivity contribution in [1.82, 2.24) is 14.5 Å². The lowest BCUT2D eigenvalue weighted by Gasteiger charge is -2.14. The second-order valence-corrected chi connectivity index (χ2v) is 6.43. The van der Waals surface area contributed by atoms with E-state index in [1.54, 1.807) is 24.3 Å². The van der Waals surface area contributed by atoms with Gasteiger partial charge in [-0.3, -0.25) is 0 Å². The second kappa shape index (κ2) is 3.22. The van der Waals surface area contributed by atoms with Crippen LogP contribution >= 0.6 is 22.7 Å². The molecule has 0 saturated carbocycles. The normalized spacial score (nSPS) is 18.5. The van der Waals surface area contributed by atoms with Crippen LogP contribution in [0.1, 0.15) is 0 Å². The van der Waals surface area contributed by atoms with Gasteiger partial charge >= 0.3 is 16.8 Å². The molecule has 3 aromatic heterocycles. The van der Waals surface area contributed by atoms with Crippen LogP contribution < -0.4 is 19.7 Å². The van der Waals surface area contributed by atoms with Crippen molar-refractivity contribution in [2.24, 2.45) is 4.99 Å². The lowest BCUT2D eigenvalue weighted by molar-refractivity contribution is -0.273. The van der Waals surface area contributed by atoms with E-state index in [1.165, 1.54) is 22.7 Å². The maximum atomic E-state index is 14.9. The Hall–Kier alpha value is -1.90. The van der Waals surface area contributed by atoms with E-state index in [2.05, 4.69) is 4.99 Å². The van der Waals surface area contributed by atoms with Crippen molar-refractivity contribution in [3.63, 3.8) is 0 Å². The van der Waals surface area contributed by atoms with E-state index in [-0.39, 0.29) is 11.7 Å². The number of amidine groups is 1. The van der Waals surface area contributed by atoms with E-state index in [0.29, 0.717) is 10.9 Å². The van der Waals surface area contributed by atoms with Gasteiger partial charge < -0.3 is 0 Å². The number of quaternary nitrogens is 1. The molecule has 4 nitrogen and oxygen atoms in total. The van der Waals surface area contributed by atoms with Crippen molar-refractivity contribution < 1.29 is 8.96 Å². The molecule has 0 radical (unpaired) electrons. The first kappa shape index (κ1) is 10.8. The van der Waals surface area contributed by atoms with E-state index in [9.17, 15) is 8.96 Å². The summed E-state index contributed by atoms with van der Waals surface area (Å²) in [5.41, 5.74) is 0.501.